The first-order valence-electron chi connectivity index (χ1n) is 7.13. The van der Waals surface area contributed by atoms with E-state index in [1.165, 1.54) is 0 Å². The zero-order chi connectivity index (χ0) is 15.3. The van der Waals surface area contributed by atoms with Crippen LogP contribution < -0.4 is 10.6 Å². The Morgan fingerprint density at radius 2 is 2.27 bits per heavy atom. The number of fused-ring (bicyclic) bond motifs is 1. The molecule has 2 aromatic rings. The van der Waals surface area contributed by atoms with Crippen molar-refractivity contribution in [2.24, 2.45) is 4.99 Å². The number of aliphatic hydroxyl groups excluding tert-OH is 1. The number of anilines is 1. The molecule has 2 aromatic heterocycles. The molecular formula is C13H15N7O2. The monoisotopic (exact) mass is 301 g/mol. The molecule has 9 heteroatoms. The summed E-state index contributed by atoms with van der Waals surface area (Å²) < 4.78 is 1.64. The van der Waals surface area contributed by atoms with Gasteiger partial charge in [0.2, 0.25) is 12.3 Å². The van der Waals surface area contributed by atoms with E-state index >= 15 is 0 Å². The Labute approximate surface area is 125 Å². The Morgan fingerprint density at radius 3 is 2.95 bits per heavy atom. The average molecular weight is 301 g/mol. The summed E-state index contributed by atoms with van der Waals surface area (Å²) in [7, 11) is 0. The molecule has 1 unspecified atom stereocenters. The minimum atomic E-state index is -1.16. The van der Waals surface area contributed by atoms with E-state index in [2.05, 4.69) is 30.7 Å². The van der Waals surface area contributed by atoms with Gasteiger partial charge in [0.25, 0.3) is 5.91 Å². The van der Waals surface area contributed by atoms with Crippen LogP contribution in [0.4, 0.5) is 5.95 Å². The molecule has 9 nitrogen and oxygen atoms in total. The lowest BCUT2D eigenvalue weighted by Gasteiger charge is -2.07. The molecule has 0 aromatic carbocycles. The van der Waals surface area contributed by atoms with Crippen molar-refractivity contribution in [1.29, 1.82) is 0 Å². The highest BCUT2D eigenvalue weighted by Crippen LogP contribution is 2.24. The summed E-state index contributed by atoms with van der Waals surface area (Å²) >= 11 is 0. The summed E-state index contributed by atoms with van der Waals surface area (Å²) in [5.74, 6) is 0.929. The van der Waals surface area contributed by atoms with E-state index < -0.39 is 6.35 Å². The van der Waals surface area contributed by atoms with Crippen LogP contribution in [0.3, 0.4) is 0 Å². The second-order valence-corrected chi connectivity index (χ2v) is 5.52. The van der Waals surface area contributed by atoms with E-state index in [9.17, 15) is 9.90 Å². The number of nitrogens with zero attached hydrogens (tertiary/aromatic N) is 5. The minimum Gasteiger partial charge on any atom is -0.355 e. The van der Waals surface area contributed by atoms with Crippen LogP contribution in [-0.4, -0.2) is 48.7 Å². The molecule has 1 aliphatic carbocycles. The van der Waals surface area contributed by atoms with E-state index in [-0.39, 0.29) is 18.0 Å². The maximum Gasteiger partial charge on any atom is 0.269 e. The average Bonchev–Trinajstić information content (AvgIpc) is 3.09. The molecule has 2 aliphatic rings. The Kier molecular flexibility index (Phi) is 2.83. The molecule has 22 heavy (non-hydrogen) atoms. The zero-order valence-corrected chi connectivity index (χ0v) is 11.9. The summed E-state index contributed by atoms with van der Waals surface area (Å²) in [4.78, 5) is 24.3. The number of carbonyl (C=O) groups is 1. The van der Waals surface area contributed by atoms with Gasteiger partial charge >= 0.3 is 0 Å². The molecular weight excluding hydrogens is 286 g/mol. The van der Waals surface area contributed by atoms with Crippen molar-refractivity contribution >= 4 is 23.2 Å². The largest absolute Gasteiger partial charge is 0.355 e. The van der Waals surface area contributed by atoms with Crippen LogP contribution in [0.1, 0.15) is 24.2 Å². The maximum absolute atomic E-state index is 11.7. The SMILES string of the molecule is Cc1nc(NC2CC2)n2ncc(CC3=NC(O)NC3=O)c2n1. The number of amides is 1. The van der Waals surface area contributed by atoms with Gasteiger partial charge in [-0.3, -0.25) is 4.79 Å². The van der Waals surface area contributed by atoms with Crippen LogP contribution in [0.5, 0.6) is 0 Å². The molecule has 4 rings (SSSR count). The van der Waals surface area contributed by atoms with Gasteiger partial charge in [0.1, 0.15) is 11.5 Å². The molecule has 1 saturated carbocycles. The van der Waals surface area contributed by atoms with E-state index in [1.807, 2.05) is 6.92 Å². The van der Waals surface area contributed by atoms with Gasteiger partial charge in [0.15, 0.2) is 5.65 Å². The molecule has 1 amide bonds. The Morgan fingerprint density at radius 1 is 1.45 bits per heavy atom. The van der Waals surface area contributed by atoms with Crippen molar-refractivity contribution < 1.29 is 9.90 Å². The lowest BCUT2D eigenvalue weighted by Crippen LogP contribution is -2.29. The van der Waals surface area contributed by atoms with Crippen molar-refractivity contribution in [3.05, 3.63) is 17.6 Å². The van der Waals surface area contributed by atoms with Crippen LogP contribution in [-0.2, 0) is 11.2 Å². The number of hydrogen-bond donors (Lipinski definition) is 3. The highest BCUT2D eigenvalue weighted by molar-refractivity contribution is 6.40. The van der Waals surface area contributed by atoms with E-state index in [1.54, 1.807) is 10.7 Å². The third-order valence-electron chi connectivity index (χ3n) is 3.62. The van der Waals surface area contributed by atoms with Crippen molar-refractivity contribution in [2.75, 3.05) is 5.32 Å². The molecule has 0 spiro atoms. The molecule has 1 aliphatic heterocycles. The van der Waals surface area contributed by atoms with Gasteiger partial charge in [0, 0.05) is 18.0 Å². The molecule has 3 heterocycles. The van der Waals surface area contributed by atoms with Crippen LogP contribution in [0.2, 0.25) is 0 Å². The quantitative estimate of drug-likeness (QED) is 0.694. The number of carbonyl (C=O) groups excluding carboxylic acids is 1. The first-order valence-corrected chi connectivity index (χ1v) is 7.13. The standard InChI is InChI=1S/C13H15N7O2/c1-6-15-10-7(4-9-11(21)19-13(22)18-9)5-14-20(10)12(16-6)17-8-2-3-8/h5,8,13,22H,2-4H2,1H3,(H,19,21)(H,15,16,17). The van der Waals surface area contributed by atoms with Gasteiger partial charge in [-0.2, -0.15) is 14.6 Å². The number of aliphatic hydroxyl groups is 1. The minimum absolute atomic E-state index is 0.270. The fourth-order valence-corrected chi connectivity index (χ4v) is 2.40. The second-order valence-electron chi connectivity index (χ2n) is 5.52. The van der Waals surface area contributed by atoms with Crippen molar-refractivity contribution in [2.45, 2.75) is 38.6 Å². The third kappa shape index (κ3) is 2.29. The molecule has 3 N–H and O–H groups in total. The summed E-state index contributed by atoms with van der Waals surface area (Å²) in [6.07, 6.45) is 3.03. The Balaban J connectivity index is 1.71. The Hall–Kier alpha value is -2.55. The topological polar surface area (TPSA) is 117 Å². The highest BCUT2D eigenvalue weighted by Gasteiger charge is 2.26. The number of rotatable bonds is 4. The number of nitrogens with one attached hydrogen (secondary N) is 2. The second kappa shape index (κ2) is 4.73. The first kappa shape index (κ1) is 13.1. The van der Waals surface area contributed by atoms with Gasteiger partial charge in [0.05, 0.1) is 6.20 Å². The predicted molar refractivity (Wildman–Crippen MR) is 77.5 cm³/mol. The summed E-state index contributed by atoms with van der Waals surface area (Å²) in [5, 5.41) is 19.3. The van der Waals surface area contributed by atoms with Gasteiger partial charge in [-0.25, -0.2) is 9.98 Å². The van der Waals surface area contributed by atoms with E-state index in [4.69, 9.17) is 0 Å². The van der Waals surface area contributed by atoms with Crippen molar-refractivity contribution in [1.82, 2.24) is 24.9 Å². The predicted octanol–water partition coefficient (Wildman–Crippen LogP) is -0.604. The number of aryl methyl sites for hydroxylation is 1. The summed E-state index contributed by atoms with van der Waals surface area (Å²) in [6, 6.07) is 0.449. The molecule has 0 radical (unpaired) electrons. The van der Waals surface area contributed by atoms with Crippen LogP contribution in [0.25, 0.3) is 5.65 Å². The lowest BCUT2D eigenvalue weighted by molar-refractivity contribution is -0.116. The van der Waals surface area contributed by atoms with Gasteiger partial charge in [-0.1, -0.05) is 0 Å². The normalized spacial score (nSPS) is 21.1. The molecule has 1 fully saturated rings. The summed E-state index contributed by atoms with van der Waals surface area (Å²) in [6.45, 7) is 1.82. The van der Waals surface area contributed by atoms with Crippen molar-refractivity contribution in [3.8, 4) is 0 Å². The van der Waals surface area contributed by atoms with Gasteiger partial charge < -0.3 is 15.7 Å². The maximum atomic E-state index is 11.7. The fraction of sp³-hybridized carbons (Fsp3) is 0.462. The van der Waals surface area contributed by atoms with Crippen LogP contribution >= 0.6 is 0 Å². The number of aliphatic imine (C=N–C) groups is 1. The van der Waals surface area contributed by atoms with Gasteiger partial charge in [-0.15, -0.1) is 0 Å². The van der Waals surface area contributed by atoms with Gasteiger partial charge in [-0.05, 0) is 19.8 Å². The molecule has 1 atom stereocenters. The lowest BCUT2D eigenvalue weighted by atomic mass is 10.1. The number of aromatic nitrogens is 4. The fourth-order valence-electron chi connectivity index (χ4n) is 2.40. The Bertz CT molecular complexity index is 793. The number of hydrogen-bond acceptors (Lipinski definition) is 7. The van der Waals surface area contributed by atoms with E-state index in [0.29, 0.717) is 23.5 Å². The van der Waals surface area contributed by atoms with Crippen LogP contribution in [0.15, 0.2) is 11.2 Å². The molecule has 114 valence electrons. The third-order valence-corrected chi connectivity index (χ3v) is 3.62. The van der Waals surface area contributed by atoms with Crippen molar-refractivity contribution in [3.63, 3.8) is 0 Å². The van der Waals surface area contributed by atoms with E-state index in [0.717, 1.165) is 18.4 Å². The first-order chi connectivity index (χ1) is 10.6. The van der Waals surface area contributed by atoms with Crippen LogP contribution in [0, 0.1) is 6.92 Å². The molecule has 0 bridgehead atoms. The zero-order valence-electron chi connectivity index (χ0n) is 11.9. The summed E-state index contributed by atoms with van der Waals surface area (Å²) in [5.41, 5.74) is 1.69. The smallest absolute Gasteiger partial charge is 0.269 e. The highest BCUT2D eigenvalue weighted by atomic mass is 16.3. The molecule has 0 saturated heterocycles.